The number of nitrogens with zero attached hydrogens (tertiary/aromatic N) is 14. The highest BCUT2D eigenvalue weighted by molar-refractivity contribution is 7.90. The highest BCUT2D eigenvalue weighted by Crippen LogP contribution is 2.46. The first kappa shape index (κ1) is 86.5. The number of aromatic nitrogens is 9. The van der Waals surface area contributed by atoms with Gasteiger partial charge in [-0.1, -0.05) is 54.6 Å². The Hall–Kier alpha value is -8.22. The van der Waals surface area contributed by atoms with E-state index in [2.05, 4.69) is 84.9 Å². The number of ketones is 1. The van der Waals surface area contributed by atoms with Gasteiger partial charge in [0.2, 0.25) is 0 Å². The summed E-state index contributed by atoms with van der Waals surface area (Å²) in [6.07, 6.45) is 29.4. The van der Waals surface area contributed by atoms with Gasteiger partial charge < -0.3 is 19.5 Å². The molecule has 6 saturated heterocycles. The normalized spacial score (nSPS) is 23.3. The molecule has 21 rings (SSSR count). The number of hydrogen-bond acceptors (Lipinski definition) is 25. The van der Waals surface area contributed by atoms with Crippen molar-refractivity contribution in [1.82, 2.24) is 71.6 Å². The molecule has 0 radical (unpaired) electrons. The fourth-order valence-electron chi connectivity index (χ4n) is 19.8. The lowest BCUT2D eigenvalue weighted by atomic mass is 9.81. The van der Waals surface area contributed by atoms with Gasteiger partial charge in [-0.3, -0.25) is 29.3 Å². The topological polar surface area (TPSA) is 268 Å². The maximum absolute atomic E-state index is 13.8. The first-order valence-corrected chi connectivity index (χ1v) is 51.2. The van der Waals surface area contributed by atoms with E-state index in [0.717, 1.165) is 233 Å². The molecular weight excluding hydrogens is 1680 g/mol. The van der Waals surface area contributed by atoms with Gasteiger partial charge in [0.1, 0.15) is 20.8 Å². The van der Waals surface area contributed by atoms with Gasteiger partial charge >= 0.3 is 0 Å². The molecular formula is C93H111N15O10S6. The predicted molar refractivity (Wildman–Crippen MR) is 488 cm³/mol. The Labute approximate surface area is 739 Å². The summed E-state index contributed by atoms with van der Waals surface area (Å²) >= 11 is 4.97. The van der Waals surface area contributed by atoms with Gasteiger partial charge in [-0.25, -0.2) is 67.1 Å². The summed E-state index contributed by atoms with van der Waals surface area (Å²) in [7, 11) is -5.05. The van der Waals surface area contributed by atoms with Crippen LogP contribution in [0.25, 0.3) is 66.9 Å². The zero-order valence-electron chi connectivity index (χ0n) is 70.8. The highest BCUT2D eigenvalue weighted by atomic mass is 32.2. The molecule has 15 heterocycles. The van der Waals surface area contributed by atoms with E-state index in [-0.39, 0.29) is 20.6 Å². The van der Waals surface area contributed by atoms with Gasteiger partial charge in [0.05, 0.1) is 89.5 Å². The standard InChI is InChI=1S/2C31H37N5O3S2.C27H28N4O3S2.C4H9NO/c2*1-34-13-5-8-29(34)31-33-28(21-40-31)27-20-36(41(37,38)25-6-3-2-4-7-25)30-26(27)18-23(19-32-30)22-9-11-24(12-10-22)35-14-16-39-17-15-35;1-30-13-5-8-25(30)27-29-24(17-35-27)23-16-31(36(33,34)21-6-3-2-4-7-21)26-22(23)14-19(15-28-26)18-9-11-20(32)12-10-18;1-3-6-4-2-5-1/h2*2-4,6-7,18-22,24,29H,5,8-17H2,1H3;2-4,6-7,14-18,25H,5,8-13H2,1H3;5H,1-4H2. The molecule has 124 heavy (non-hydrogen) atoms. The van der Waals surface area contributed by atoms with E-state index in [1.807, 2.05) is 29.9 Å². The SMILES string of the molecule is C1COCCN1.CN1CCCC1c1nc(-c2cn(S(=O)(=O)c3ccccc3)c3ncc(C4CCC(=O)CC4)cc23)cs1.CN1CCCC1c1nc(-c2cn(S(=O)(=O)c3ccccc3)c3ncc(C4CCC(N5CCOCC5)CC4)cc23)cs1.CN1CCCC1c1nc(-c2cn(S(=O)(=O)c3ccccc3)c3ncc(C4CCC(N5CCOCC5)CC4)cc23)cs1. The average Bonchev–Trinajstić information content (AvgIpc) is 1.61. The van der Waals surface area contributed by atoms with Crippen molar-refractivity contribution in [3.63, 3.8) is 0 Å². The summed E-state index contributed by atoms with van der Waals surface area (Å²) in [5, 5.41) is 15.1. The number of likely N-dealkylation sites (tertiary alicyclic amines) is 3. The lowest BCUT2D eigenvalue weighted by Crippen LogP contribution is -2.44. The number of ether oxygens (including phenoxy) is 3. The van der Waals surface area contributed by atoms with Crippen molar-refractivity contribution >= 4 is 103 Å². The summed E-state index contributed by atoms with van der Waals surface area (Å²) in [4.78, 5) is 54.2. The highest BCUT2D eigenvalue weighted by Gasteiger charge is 2.37. The molecule has 9 fully saturated rings. The molecule has 9 aliphatic rings. The smallest absolute Gasteiger partial charge is 0.269 e. The number of pyridine rings is 3. The maximum Gasteiger partial charge on any atom is 0.269 e. The minimum Gasteiger partial charge on any atom is -0.379 e. The van der Waals surface area contributed by atoms with Gasteiger partial charge in [0.15, 0.2) is 16.9 Å². The summed E-state index contributed by atoms with van der Waals surface area (Å²) in [5.74, 6) is 1.40. The number of carbonyl (C=O) groups is 1. The quantitative estimate of drug-likeness (QED) is 0.0887. The Kier molecular flexibility index (Phi) is 26.8. The Morgan fingerprint density at radius 2 is 0.685 bits per heavy atom. The molecule has 6 aliphatic heterocycles. The lowest BCUT2D eigenvalue weighted by Gasteiger charge is -2.38. The third-order valence-electron chi connectivity index (χ3n) is 26.9. The number of Topliss-reactive ketones (excluding diaryl/α,β-unsaturated/α-hetero) is 1. The number of fused-ring (bicyclic) bond motifs is 3. The second-order valence-corrected chi connectivity index (χ2v) is 42.6. The summed E-state index contributed by atoms with van der Waals surface area (Å²) < 4.78 is 103. The van der Waals surface area contributed by atoms with Crippen LogP contribution < -0.4 is 5.32 Å². The second-order valence-electron chi connectivity index (χ2n) is 34.5. The number of hydrogen-bond donors (Lipinski definition) is 1. The number of morpholine rings is 3. The monoisotopic (exact) mass is 1790 g/mol. The zero-order valence-corrected chi connectivity index (χ0v) is 75.7. The van der Waals surface area contributed by atoms with Crippen molar-refractivity contribution in [3.05, 3.63) is 194 Å². The van der Waals surface area contributed by atoms with Crippen molar-refractivity contribution in [2.45, 2.75) is 178 Å². The van der Waals surface area contributed by atoms with E-state index in [0.29, 0.717) is 77.6 Å². The van der Waals surface area contributed by atoms with Crippen LogP contribution in [0.4, 0.5) is 0 Å². The van der Waals surface area contributed by atoms with Crippen molar-refractivity contribution in [2.24, 2.45) is 0 Å². The summed E-state index contributed by atoms with van der Waals surface area (Å²) in [6, 6.07) is 34.3. The zero-order chi connectivity index (χ0) is 85.1. The number of carbonyl (C=O) groups excluding carboxylic acids is 1. The molecule has 654 valence electrons. The average molecular weight is 1790 g/mol. The second kappa shape index (κ2) is 38.4. The van der Waals surface area contributed by atoms with Crippen LogP contribution in [0.2, 0.25) is 0 Å². The molecule has 1 N–H and O–H groups in total. The Balaban J connectivity index is 0.000000122. The molecule has 3 unspecified atom stereocenters. The van der Waals surface area contributed by atoms with Crippen LogP contribution in [0.1, 0.15) is 183 Å². The van der Waals surface area contributed by atoms with Crippen LogP contribution in [0.15, 0.2) is 177 Å². The van der Waals surface area contributed by atoms with Gasteiger partial charge in [0, 0.05) is 150 Å². The first-order valence-electron chi connectivity index (χ1n) is 44.3. The molecule has 3 aliphatic carbocycles. The molecule has 0 spiro atoms. The number of thiazole rings is 3. The molecule has 0 amide bonds. The lowest BCUT2D eigenvalue weighted by molar-refractivity contribution is -0.120. The van der Waals surface area contributed by atoms with Gasteiger partial charge in [-0.15, -0.1) is 34.0 Å². The van der Waals surface area contributed by atoms with Gasteiger partial charge in [0.25, 0.3) is 30.1 Å². The largest absolute Gasteiger partial charge is 0.379 e. The van der Waals surface area contributed by atoms with Crippen LogP contribution in [0, 0.1) is 0 Å². The predicted octanol–water partition coefficient (Wildman–Crippen LogP) is 16.0. The summed E-state index contributed by atoms with van der Waals surface area (Å²) in [5.41, 5.74) is 9.63. The number of benzene rings is 3. The first-order chi connectivity index (χ1) is 60.4. The van der Waals surface area contributed by atoms with Crippen molar-refractivity contribution in [1.29, 1.82) is 0 Å². The van der Waals surface area contributed by atoms with Crippen LogP contribution in [0.3, 0.4) is 0 Å². The maximum atomic E-state index is 13.8. The Morgan fingerprint density at radius 1 is 0.379 bits per heavy atom. The van der Waals surface area contributed by atoms with Crippen LogP contribution >= 0.6 is 34.0 Å². The molecule has 31 heteroatoms. The van der Waals surface area contributed by atoms with Gasteiger partial charge in [-0.05, 0) is 233 Å². The molecule has 12 aromatic rings. The number of rotatable bonds is 17. The van der Waals surface area contributed by atoms with Crippen LogP contribution in [-0.2, 0) is 49.1 Å². The van der Waals surface area contributed by atoms with E-state index in [9.17, 15) is 30.0 Å². The van der Waals surface area contributed by atoms with Gasteiger partial charge in [-0.2, -0.15) is 0 Å². The Morgan fingerprint density at radius 3 is 0.968 bits per heavy atom. The van der Waals surface area contributed by atoms with Crippen LogP contribution in [0.5, 0.6) is 0 Å². The van der Waals surface area contributed by atoms with E-state index in [1.54, 1.807) is 138 Å². The minimum absolute atomic E-state index is 0.219. The van der Waals surface area contributed by atoms with Crippen molar-refractivity contribution in [2.75, 3.05) is 120 Å². The molecule has 0 bridgehead atoms. The number of nitrogens with one attached hydrogen (secondary N) is 1. The Bertz CT molecular complexity index is 5780. The molecule has 25 nitrogen and oxygen atoms in total. The fourth-order valence-corrected chi connectivity index (χ4v) is 26.9. The molecule has 3 atom stereocenters. The van der Waals surface area contributed by atoms with Crippen LogP contribution in [-0.4, -0.2) is 229 Å². The van der Waals surface area contributed by atoms with E-state index < -0.39 is 30.1 Å². The fraction of sp³-hybridized carbons (Fsp3) is 0.473. The van der Waals surface area contributed by atoms with Crippen molar-refractivity contribution < 1.29 is 44.3 Å². The van der Waals surface area contributed by atoms with Crippen molar-refractivity contribution in [3.8, 4) is 33.8 Å². The molecule has 3 saturated carbocycles. The molecule has 9 aromatic heterocycles. The minimum atomic E-state index is -3.84. The third-order valence-corrected chi connectivity index (χ3v) is 34.8. The third kappa shape index (κ3) is 18.5. The molecule has 3 aromatic carbocycles. The van der Waals surface area contributed by atoms with E-state index >= 15 is 0 Å². The van der Waals surface area contributed by atoms with E-state index in [4.69, 9.17) is 39.1 Å². The van der Waals surface area contributed by atoms with E-state index in [1.165, 1.54) is 61.6 Å². The summed E-state index contributed by atoms with van der Waals surface area (Å²) in [6.45, 7) is 14.5.